The van der Waals surface area contributed by atoms with Gasteiger partial charge in [-0.25, -0.2) is 6.57 Å². The van der Waals surface area contributed by atoms with Crippen molar-refractivity contribution in [3.63, 3.8) is 0 Å². The molecule has 2 heterocycles. The molecule has 9 heteroatoms. The molecule has 0 unspecified atom stereocenters. The van der Waals surface area contributed by atoms with Gasteiger partial charge in [-0.05, 0) is 12.1 Å². The molecule has 1 aromatic carbocycles. The number of hydrogen-bond acceptors (Lipinski definition) is 6. The van der Waals surface area contributed by atoms with Gasteiger partial charge in [0.1, 0.15) is 23.4 Å². The molecule has 0 saturated carbocycles. The van der Waals surface area contributed by atoms with Crippen LogP contribution < -0.4 is 15.8 Å². The molecule has 0 aliphatic carbocycles. The number of anilines is 2. The second kappa shape index (κ2) is 7.77. The number of carbonyl (C=O) groups is 1. The van der Waals surface area contributed by atoms with E-state index in [-0.39, 0.29) is 23.5 Å². The number of nitrogens with zero attached hydrogens (tertiary/aromatic N) is 4. The van der Waals surface area contributed by atoms with Crippen LogP contribution in [0.3, 0.4) is 0 Å². The number of nitrogens with two attached hydrogens (primary N) is 1. The summed E-state index contributed by atoms with van der Waals surface area (Å²) in [4.78, 5) is 15.5. The van der Waals surface area contributed by atoms with E-state index in [1.165, 1.54) is 13.3 Å². The van der Waals surface area contributed by atoms with Crippen LogP contribution in [0.15, 0.2) is 24.4 Å². The van der Waals surface area contributed by atoms with Crippen molar-refractivity contribution in [3.8, 4) is 11.8 Å². The first-order valence-corrected chi connectivity index (χ1v) is 8.25. The lowest BCUT2D eigenvalue weighted by molar-refractivity contribution is 0.0506. The topological polar surface area (TPSA) is 120 Å². The van der Waals surface area contributed by atoms with Crippen LogP contribution in [0.4, 0.5) is 11.5 Å². The van der Waals surface area contributed by atoms with Gasteiger partial charge < -0.3 is 25.4 Å². The number of nitrogens with one attached hydrogen (secondary N) is 1. The Bertz CT molecular complexity index is 940. The zero-order valence-electron chi connectivity index (χ0n) is 14.7. The number of hydrogen-bond donors (Lipinski definition) is 2. The van der Waals surface area contributed by atoms with E-state index in [0.29, 0.717) is 36.6 Å². The number of methoxy groups -OCH3 is 1. The van der Waals surface area contributed by atoms with Crippen molar-refractivity contribution in [1.82, 2.24) is 9.78 Å². The number of amides is 1. The van der Waals surface area contributed by atoms with Crippen LogP contribution in [0.2, 0.25) is 0 Å². The highest BCUT2D eigenvalue weighted by atomic mass is 16.5. The molecule has 0 radical (unpaired) electrons. The minimum atomic E-state index is -0.638. The van der Waals surface area contributed by atoms with Crippen LogP contribution in [-0.2, 0) is 4.74 Å². The number of nitriles is 1. The standard InChI is InChI=1S/C18H18N6O3/c1-21-14-5-6-27-10-15(14)24-9-13(17(20)25)18(23-24)22-12-4-3-11(8-19)16(7-12)26-2/h3-4,7,9,14-15H,5-6,10H2,2H3,(H2,20,25)(H,22,23)/t14-,15-/m0/s1. The summed E-state index contributed by atoms with van der Waals surface area (Å²) in [6.45, 7) is 8.24. The molecule has 1 aromatic heterocycles. The Morgan fingerprint density at radius 2 is 2.41 bits per heavy atom. The maximum atomic E-state index is 11.9. The van der Waals surface area contributed by atoms with E-state index in [1.54, 1.807) is 22.9 Å². The number of benzene rings is 1. The van der Waals surface area contributed by atoms with E-state index >= 15 is 0 Å². The second-order valence-electron chi connectivity index (χ2n) is 6.01. The second-order valence-corrected chi connectivity index (χ2v) is 6.01. The Hall–Kier alpha value is -3.56. The molecule has 0 spiro atoms. The summed E-state index contributed by atoms with van der Waals surface area (Å²) in [5, 5.41) is 16.5. The van der Waals surface area contributed by atoms with Crippen LogP contribution >= 0.6 is 0 Å². The fraction of sp³-hybridized carbons (Fsp3) is 0.333. The normalized spacial score (nSPS) is 18.9. The Morgan fingerprint density at radius 3 is 3.07 bits per heavy atom. The molecular weight excluding hydrogens is 348 g/mol. The molecule has 3 rings (SSSR count). The average Bonchev–Trinajstić information content (AvgIpc) is 3.11. The highest BCUT2D eigenvalue weighted by Crippen LogP contribution is 2.28. The first kappa shape index (κ1) is 18.2. The van der Waals surface area contributed by atoms with E-state index in [2.05, 4.69) is 15.3 Å². The smallest absolute Gasteiger partial charge is 0.254 e. The van der Waals surface area contributed by atoms with Crippen LogP contribution in [0.1, 0.15) is 28.4 Å². The van der Waals surface area contributed by atoms with Crippen LogP contribution in [0.25, 0.3) is 4.85 Å². The highest BCUT2D eigenvalue weighted by molar-refractivity contribution is 5.98. The summed E-state index contributed by atoms with van der Waals surface area (Å²) in [6.07, 6.45) is 2.14. The van der Waals surface area contributed by atoms with Gasteiger partial charge >= 0.3 is 0 Å². The summed E-state index contributed by atoms with van der Waals surface area (Å²) in [5.41, 5.74) is 6.66. The van der Waals surface area contributed by atoms with E-state index < -0.39 is 5.91 Å². The van der Waals surface area contributed by atoms with Gasteiger partial charge in [0.2, 0.25) is 6.04 Å². The van der Waals surface area contributed by atoms with Gasteiger partial charge in [0.15, 0.2) is 5.82 Å². The van der Waals surface area contributed by atoms with Crippen molar-refractivity contribution in [2.24, 2.45) is 5.73 Å². The largest absolute Gasteiger partial charge is 0.495 e. The maximum Gasteiger partial charge on any atom is 0.254 e. The molecule has 1 amide bonds. The van der Waals surface area contributed by atoms with Gasteiger partial charge in [-0.3, -0.25) is 9.48 Å². The van der Waals surface area contributed by atoms with Crippen LogP contribution in [-0.4, -0.2) is 42.1 Å². The van der Waals surface area contributed by atoms with Gasteiger partial charge in [0, 0.05) is 24.4 Å². The quantitative estimate of drug-likeness (QED) is 0.780. The summed E-state index contributed by atoms with van der Waals surface area (Å²) in [6, 6.07) is 6.38. The van der Waals surface area contributed by atoms with Gasteiger partial charge in [-0.1, -0.05) is 0 Å². The molecule has 1 saturated heterocycles. The maximum absolute atomic E-state index is 11.9. The zero-order chi connectivity index (χ0) is 19.4. The Kier molecular flexibility index (Phi) is 5.25. The zero-order valence-corrected chi connectivity index (χ0v) is 14.7. The molecule has 1 fully saturated rings. The molecule has 1 aliphatic heterocycles. The monoisotopic (exact) mass is 366 g/mol. The van der Waals surface area contributed by atoms with Crippen LogP contribution in [0.5, 0.6) is 5.75 Å². The number of aromatic nitrogens is 2. The molecule has 0 bridgehead atoms. The summed E-state index contributed by atoms with van der Waals surface area (Å²) in [5.74, 6) is 0.0281. The number of primary amides is 1. The van der Waals surface area contributed by atoms with Crippen molar-refractivity contribution in [2.45, 2.75) is 18.5 Å². The third-order valence-electron chi connectivity index (χ3n) is 4.38. The van der Waals surface area contributed by atoms with Crippen molar-refractivity contribution >= 4 is 17.4 Å². The minimum absolute atomic E-state index is 0.202. The molecule has 138 valence electrons. The molecule has 27 heavy (non-hydrogen) atoms. The van der Waals surface area contributed by atoms with E-state index in [0.717, 1.165) is 0 Å². The Balaban J connectivity index is 1.94. The van der Waals surface area contributed by atoms with E-state index in [1.807, 2.05) is 6.07 Å². The number of ether oxygens (including phenoxy) is 2. The van der Waals surface area contributed by atoms with Gasteiger partial charge in [0.25, 0.3) is 5.91 Å². The summed E-state index contributed by atoms with van der Waals surface area (Å²) >= 11 is 0. The number of carbonyl (C=O) groups excluding carboxylic acids is 1. The lowest BCUT2D eigenvalue weighted by Crippen LogP contribution is -2.32. The Morgan fingerprint density at radius 1 is 1.59 bits per heavy atom. The molecule has 2 atom stereocenters. The fourth-order valence-corrected chi connectivity index (χ4v) is 2.95. The third-order valence-corrected chi connectivity index (χ3v) is 4.38. The summed E-state index contributed by atoms with van der Waals surface area (Å²) < 4.78 is 12.2. The van der Waals surface area contributed by atoms with Crippen molar-refractivity contribution in [3.05, 3.63) is 46.9 Å². The average molecular weight is 366 g/mol. The van der Waals surface area contributed by atoms with E-state index in [9.17, 15) is 4.79 Å². The van der Waals surface area contributed by atoms with Crippen LogP contribution in [0, 0.1) is 17.9 Å². The van der Waals surface area contributed by atoms with Gasteiger partial charge in [-0.2, -0.15) is 10.4 Å². The Labute approximate surface area is 156 Å². The molecule has 1 aliphatic rings. The molecule has 3 N–H and O–H groups in total. The minimum Gasteiger partial charge on any atom is -0.495 e. The summed E-state index contributed by atoms with van der Waals surface area (Å²) in [7, 11) is 1.47. The van der Waals surface area contributed by atoms with Crippen molar-refractivity contribution in [2.75, 3.05) is 25.6 Å². The fourth-order valence-electron chi connectivity index (χ4n) is 2.95. The lowest BCUT2D eigenvalue weighted by Gasteiger charge is -2.23. The molecule has 9 nitrogen and oxygen atoms in total. The first-order chi connectivity index (χ1) is 13.1. The van der Waals surface area contributed by atoms with Gasteiger partial charge in [-0.15, -0.1) is 0 Å². The van der Waals surface area contributed by atoms with Gasteiger partial charge in [0.05, 0.1) is 25.9 Å². The lowest BCUT2D eigenvalue weighted by atomic mass is 10.1. The molecule has 2 aromatic rings. The third kappa shape index (κ3) is 3.68. The predicted molar refractivity (Wildman–Crippen MR) is 96.6 cm³/mol. The highest BCUT2D eigenvalue weighted by Gasteiger charge is 2.33. The van der Waals surface area contributed by atoms with E-state index in [4.69, 9.17) is 27.0 Å². The van der Waals surface area contributed by atoms with Crippen molar-refractivity contribution in [1.29, 1.82) is 5.26 Å². The SMILES string of the molecule is [C-]#[N+][C@H]1CCOC[C@@H]1n1cc(C(N)=O)c(Nc2ccc(C#N)c(OC)c2)n1. The van der Waals surface area contributed by atoms with Crippen molar-refractivity contribution < 1.29 is 14.3 Å². The number of rotatable bonds is 5. The first-order valence-electron chi connectivity index (χ1n) is 8.25. The predicted octanol–water partition coefficient (Wildman–Crippen LogP) is 1.86. The molecular formula is C18H18N6O3.